The molecule has 12 rings (SSSR count). The number of rotatable bonds is 4. The summed E-state index contributed by atoms with van der Waals surface area (Å²) in [5.41, 5.74) is 7.61. The minimum atomic E-state index is 0.579. The van der Waals surface area contributed by atoms with E-state index in [2.05, 4.69) is 102 Å². The average Bonchev–Trinajstić information content (AvgIpc) is 3.79. The van der Waals surface area contributed by atoms with Crippen LogP contribution < -0.4 is 0 Å². The Kier molecular flexibility index (Phi) is 5.99. The molecule has 0 aliphatic carbocycles. The molecule has 0 atom stereocenters. The number of fused-ring (bicyclic) bond motifs is 8. The van der Waals surface area contributed by atoms with E-state index in [1.807, 2.05) is 72.8 Å². The molecule has 0 aliphatic rings. The first-order chi connectivity index (χ1) is 26.8. The van der Waals surface area contributed by atoms with Gasteiger partial charge in [-0.25, -0.2) is 15.0 Å². The molecule has 54 heavy (non-hydrogen) atoms. The molecule has 0 spiro atoms. The van der Waals surface area contributed by atoms with Gasteiger partial charge in [-0.2, -0.15) is 0 Å². The van der Waals surface area contributed by atoms with E-state index in [0.29, 0.717) is 17.5 Å². The molecule has 250 valence electrons. The topological polar surface area (TPSA) is 56.7 Å². The fraction of sp³-hybridized carbons (Fsp3) is 0. The molecular formula is C49H28N4O. The molecule has 3 aromatic heterocycles. The Morgan fingerprint density at radius 2 is 0.926 bits per heavy atom. The van der Waals surface area contributed by atoms with Gasteiger partial charge in [0.25, 0.3) is 0 Å². The molecule has 0 fully saturated rings. The molecule has 0 saturated carbocycles. The summed E-state index contributed by atoms with van der Waals surface area (Å²) in [6.45, 7) is 0. The standard InChI is InChI=1S/C49H28N4O/c1-3-14-29(15-4-1)47-50-48(30-16-5-2-6-17-30)52-49(51-47)32-27-39(44-37-22-11-12-25-41(37)54-42(44)28-32)53-38-24-13-23-36-34-20-9-10-21-35(34)43-33-19-8-7-18-31(33)26-40(53)46(43)45(36)38/h1-28H. The van der Waals surface area contributed by atoms with Crippen molar-refractivity contribution >= 4 is 76.1 Å². The highest BCUT2D eigenvalue weighted by atomic mass is 16.3. The second kappa shape index (κ2) is 11.1. The number of aromatic nitrogens is 4. The second-order valence-electron chi connectivity index (χ2n) is 14.0. The van der Waals surface area contributed by atoms with Crippen molar-refractivity contribution in [2.75, 3.05) is 0 Å². The van der Waals surface area contributed by atoms with Crippen LogP contribution in [0.4, 0.5) is 0 Å². The Balaban J connectivity index is 1.25. The van der Waals surface area contributed by atoms with Crippen molar-refractivity contribution in [3.63, 3.8) is 0 Å². The number of hydrogen-bond acceptors (Lipinski definition) is 4. The summed E-state index contributed by atoms with van der Waals surface area (Å²) in [5, 5.41) is 12.1. The van der Waals surface area contributed by atoms with Crippen molar-refractivity contribution in [2.45, 2.75) is 0 Å². The van der Waals surface area contributed by atoms with E-state index < -0.39 is 0 Å². The van der Waals surface area contributed by atoms with Crippen LogP contribution in [0, 0.1) is 0 Å². The number of hydrogen-bond donors (Lipinski definition) is 0. The van der Waals surface area contributed by atoms with Gasteiger partial charge in [0.05, 0.1) is 22.1 Å². The molecule has 0 bridgehead atoms. The van der Waals surface area contributed by atoms with E-state index in [1.54, 1.807) is 0 Å². The minimum Gasteiger partial charge on any atom is -0.456 e. The molecule has 0 saturated heterocycles. The van der Waals surface area contributed by atoms with Gasteiger partial charge in [0.15, 0.2) is 17.5 Å². The zero-order valence-electron chi connectivity index (χ0n) is 28.9. The summed E-state index contributed by atoms with van der Waals surface area (Å²) in [6, 6.07) is 59.5. The van der Waals surface area contributed by atoms with Crippen LogP contribution in [-0.4, -0.2) is 19.5 Å². The molecule has 3 heterocycles. The summed E-state index contributed by atoms with van der Waals surface area (Å²) in [5.74, 6) is 1.81. The van der Waals surface area contributed by atoms with Crippen LogP contribution in [0.25, 0.3) is 116 Å². The molecule has 0 N–H and O–H groups in total. The van der Waals surface area contributed by atoms with E-state index in [9.17, 15) is 0 Å². The van der Waals surface area contributed by atoms with Gasteiger partial charge in [-0.1, -0.05) is 140 Å². The fourth-order valence-corrected chi connectivity index (χ4v) is 8.66. The molecule has 0 amide bonds. The fourth-order valence-electron chi connectivity index (χ4n) is 8.66. The quantitative estimate of drug-likeness (QED) is 0.173. The smallest absolute Gasteiger partial charge is 0.164 e. The molecule has 12 aromatic rings. The van der Waals surface area contributed by atoms with Crippen LogP contribution in [0.15, 0.2) is 174 Å². The Bertz CT molecular complexity index is 3370. The predicted molar refractivity (Wildman–Crippen MR) is 221 cm³/mol. The Hall–Kier alpha value is -7.37. The zero-order valence-corrected chi connectivity index (χ0v) is 28.9. The lowest BCUT2D eigenvalue weighted by atomic mass is 9.91. The molecular weight excluding hydrogens is 661 g/mol. The highest BCUT2D eigenvalue weighted by molar-refractivity contribution is 6.39. The third-order valence-electron chi connectivity index (χ3n) is 10.9. The Morgan fingerprint density at radius 3 is 1.67 bits per heavy atom. The third kappa shape index (κ3) is 4.12. The van der Waals surface area contributed by atoms with Crippen LogP contribution in [0.3, 0.4) is 0 Å². The Morgan fingerprint density at radius 1 is 0.352 bits per heavy atom. The van der Waals surface area contributed by atoms with Crippen LogP contribution in [0.5, 0.6) is 0 Å². The summed E-state index contributed by atoms with van der Waals surface area (Å²) >= 11 is 0. The van der Waals surface area contributed by atoms with E-state index >= 15 is 0 Å². The van der Waals surface area contributed by atoms with Gasteiger partial charge < -0.3 is 8.98 Å². The van der Waals surface area contributed by atoms with Gasteiger partial charge in [0.1, 0.15) is 11.2 Å². The van der Waals surface area contributed by atoms with Gasteiger partial charge in [0, 0.05) is 38.2 Å². The molecule has 0 unspecified atom stereocenters. The maximum atomic E-state index is 6.70. The Labute approximate surface area is 308 Å². The molecule has 5 heteroatoms. The maximum Gasteiger partial charge on any atom is 0.164 e. The lowest BCUT2D eigenvalue weighted by Crippen LogP contribution is -2.01. The summed E-state index contributed by atoms with van der Waals surface area (Å²) in [4.78, 5) is 15.3. The number of benzene rings is 9. The first kappa shape index (κ1) is 29.2. The van der Waals surface area contributed by atoms with Gasteiger partial charge in [0.2, 0.25) is 0 Å². The van der Waals surface area contributed by atoms with Gasteiger partial charge in [-0.15, -0.1) is 0 Å². The van der Waals surface area contributed by atoms with Crippen molar-refractivity contribution in [1.82, 2.24) is 19.5 Å². The highest BCUT2D eigenvalue weighted by Crippen LogP contribution is 2.48. The lowest BCUT2D eigenvalue weighted by Gasteiger charge is -2.14. The largest absolute Gasteiger partial charge is 0.456 e. The first-order valence-corrected chi connectivity index (χ1v) is 18.2. The van der Waals surface area contributed by atoms with Crippen molar-refractivity contribution in [1.29, 1.82) is 0 Å². The SMILES string of the molecule is c1ccc(-c2nc(-c3ccccc3)nc(-c3cc(-n4c5cccc6c7ccccc7c7c8ccccc8cc4c7c65)c4c(c3)oc3ccccc34)n2)cc1. The summed E-state index contributed by atoms with van der Waals surface area (Å²) < 4.78 is 9.15. The van der Waals surface area contributed by atoms with Crippen molar-refractivity contribution in [3.05, 3.63) is 170 Å². The van der Waals surface area contributed by atoms with E-state index in [-0.39, 0.29) is 0 Å². The average molecular weight is 689 g/mol. The maximum absolute atomic E-state index is 6.70. The number of nitrogens with zero attached hydrogens (tertiary/aromatic N) is 4. The van der Waals surface area contributed by atoms with E-state index in [1.165, 1.54) is 43.1 Å². The third-order valence-corrected chi connectivity index (χ3v) is 10.9. The summed E-state index contributed by atoms with van der Waals surface area (Å²) in [6.07, 6.45) is 0. The minimum absolute atomic E-state index is 0.579. The van der Waals surface area contributed by atoms with Crippen LogP contribution in [0.1, 0.15) is 0 Å². The monoisotopic (exact) mass is 688 g/mol. The second-order valence-corrected chi connectivity index (χ2v) is 14.0. The van der Waals surface area contributed by atoms with E-state index in [0.717, 1.165) is 55.3 Å². The van der Waals surface area contributed by atoms with Crippen LogP contribution in [-0.2, 0) is 0 Å². The molecule has 0 aliphatic heterocycles. The normalized spacial score (nSPS) is 12.1. The van der Waals surface area contributed by atoms with Gasteiger partial charge >= 0.3 is 0 Å². The molecule has 0 radical (unpaired) electrons. The van der Waals surface area contributed by atoms with Crippen LogP contribution in [0.2, 0.25) is 0 Å². The predicted octanol–water partition coefficient (Wildman–Crippen LogP) is 12.8. The van der Waals surface area contributed by atoms with Crippen molar-refractivity contribution in [2.24, 2.45) is 0 Å². The van der Waals surface area contributed by atoms with Crippen molar-refractivity contribution < 1.29 is 4.42 Å². The zero-order chi connectivity index (χ0) is 35.3. The van der Waals surface area contributed by atoms with Gasteiger partial charge in [-0.05, 0) is 57.3 Å². The van der Waals surface area contributed by atoms with Crippen LogP contribution >= 0.6 is 0 Å². The highest BCUT2D eigenvalue weighted by Gasteiger charge is 2.25. The van der Waals surface area contributed by atoms with E-state index in [4.69, 9.17) is 19.4 Å². The van der Waals surface area contributed by atoms with Crippen molar-refractivity contribution in [3.8, 4) is 39.9 Å². The number of para-hydroxylation sites is 1. The summed E-state index contributed by atoms with van der Waals surface area (Å²) in [7, 11) is 0. The first-order valence-electron chi connectivity index (χ1n) is 18.2. The molecule has 9 aromatic carbocycles. The lowest BCUT2D eigenvalue weighted by molar-refractivity contribution is 0.669. The van der Waals surface area contributed by atoms with Gasteiger partial charge in [-0.3, -0.25) is 0 Å². The number of furan rings is 1. The molecule has 5 nitrogen and oxygen atoms in total.